The van der Waals surface area contributed by atoms with Gasteiger partial charge in [-0.2, -0.15) is 0 Å². The van der Waals surface area contributed by atoms with Gasteiger partial charge in [0.25, 0.3) is 0 Å². The fraction of sp³-hybridized carbons (Fsp3) is 0.385. The molecule has 86 valence electrons. The second-order valence-corrected chi connectivity index (χ2v) is 4.07. The first kappa shape index (κ1) is 11.0. The first-order chi connectivity index (χ1) is 7.75. The summed E-state index contributed by atoms with van der Waals surface area (Å²) in [4.78, 5) is 0. The molecule has 3 nitrogen and oxygen atoms in total. The Hall–Kier alpha value is -1.48. The lowest BCUT2D eigenvalue weighted by atomic mass is 10.1. The summed E-state index contributed by atoms with van der Waals surface area (Å²) in [6, 6.07) is 6.22. The lowest BCUT2D eigenvalue weighted by molar-refractivity contribution is 0.174. The third-order valence-electron chi connectivity index (χ3n) is 2.50. The molecule has 2 rings (SSSR count). The van der Waals surface area contributed by atoms with Crippen molar-refractivity contribution in [3.05, 3.63) is 29.8 Å². The number of rotatable bonds is 4. The van der Waals surface area contributed by atoms with Gasteiger partial charge in [0.1, 0.15) is 0 Å². The average Bonchev–Trinajstić information content (AvgIpc) is 2.71. The molecule has 1 atom stereocenters. The molecule has 0 fully saturated rings. The molecule has 16 heavy (non-hydrogen) atoms. The van der Waals surface area contributed by atoms with Crippen molar-refractivity contribution in [2.45, 2.75) is 25.8 Å². The van der Waals surface area contributed by atoms with Crippen LogP contribution < -0.4 is 15.2 Å². The van der Waals surface area contributed by atoms with Gasteiger partial charge in [0.05, 0.1) is 0 Å². The maximum Gasteiger partial charge on any atom is 0.231 e. The summed E-state index contributed by atoms with van der Waals surface area (Å²) in [5, 5.41) is 0. The molecule has 1 aromatic rings. The SMILES string of the molecule is CC(N)CC/C=C/c1ccc2c(c1)OCO2. The van der Waals surface area contributed by atoms with Crippen molar-refractivity contribution in [1.82, 2.24) is 0 Å². The minimum Gasteiger partial charge on any atom is -0.454 e. The van der Waals surface area contributed by atoms with Gasteiger partial charge in [-0.15, -0.1) is 0 Å². The highest BCUT2D eigenvalue weighted by atomic mass is 16.7. The van der Waals surface area contributed by atoms with E-state index >= 15 is 0 Å². The summed E-state index contributed by atoms with van der Waals surface area (Å²) >= 11 is 0. The molecule has 0 bridgehead atoms. The van der Waals surface area contributed by atoms with E-state index < -0.39 is 0 Å². The quantitative estimate of drug-likeness (QED) is 0.846. The normalized spacial score (nSPS) is 15.6. The van der Waals surface area contributed by atoms with E-state index in [0.717, 1.165) is 29.9 Å². The van der Waals surface area contributed by atoms with Crippen LogP contribution in [-0.2, 0) is 0 Å². The first-order valence-corrected chi connectivity index (χ1v) is 5.57. The molecule has 0 spiro atoms. The maximum absolute atomic E-state index is 5.68. The summed E-state index contributed by atoms with van der Waals surface area (Å²) < 4.78 is 10.6. The Morgan fingerprint density at radius 1 is 1.38 bits per heavy atom. The van der Waals surface area contributed by atoms with Gasteiger partial charge in [-0.1, -0.05) is 18.2 Å². The Labute approximate surface area is 95.9 Å². The molecule has 1 heterocycles. The Morgan fingerprint density at radius 2 is 2.19 bits per heavy atom. The van der Waals surface area contributed by atoms with Gasteiger partial charge >= 0.3 is 0 Å². The van der Waals surface area contributed by atoms with Crippen LogP contribution in [0.15, 0.2) is 24.3 Å². The second kappa shape index (κ2) is 5.03. The lowest BCUT2D eigenvalue weighted by Crippen LogP contribution is -2.13. The fourth-order valence-corrected chi connectivity index (χ4v) is 1.60. The van der Waals surface area contributed by atoms with E-state index in [1.54, 1.807) is 0 Å². The minimum absolute atomic E-state index is 0.265. The highest BCUT2D eigenvalue weighted by Gasteiger charge is 2.11. The third-order valence-corrected chi connectivity index (χ3v) is 2.50. The van der Waals surface area contributed by atoms with Crippen molar-refractivity contribution in [1.29, 1.82) is 0 Å². The van der Waals surface area contributed by atoms with E-state index in [-0.39, 0.29) is 6.04 Å². The zero-order valence-electron chi connectivity index (χ0n) is 9.48. The summed E-state index contributed by atoms with van der Waals surface area (Å²) in [5.74, 6) is 1.65. The highest BCUT2D eigenvalue weighted by Crippen LogP contribution is 2.32. The minimum atomic E-state index is 0.265. The van der Waals surface area contributed by atoms with Crippen molar-refractivity contribution in [2.24, 2.45) is 5.73 Å². The van der Waals surface area contributed by atoms with Crippen LogP contribution >= 0.6 is 0 Å². The largest absolute Gasteiger partial charge is 0.454 e. The molecule has 1 aliphatic rings. The molecule has 3 heteroatoms. The number of hydrogen-bond donors (Lipinski definition) is 1. The second-order valence-electron chi connectivity index (χ2n) is 4.07. The number of allylic oxidation sites excluding steroid dienone is 1. The smallest absolute Gasteiger partial charge is 0.231 e. The van der Waals surface area contributed by atoms with Crippen LogP contribution in [0.4, 0.5) is 0 Å². The zero-order chi connectivity index (χ0) is 11.4. The Kier molecular flexibility index (Phi) is 3.47. The number of hydrogen-bond acceptors (Lipinski definition) is 3. The molecule has 0 saturated carbocycles. The summed E-state index contributed by atoms with van der Waals surface area (Å²) in [6.45, 7) is 2.35. The van der Waals surface area contributed by atoms with Gasteiger partial charge in [-0.05, 0) is 37.5 Å². The van der Waals surface area contributed by atoms with Crippen molar-refractivity contribution in [3.8, 4) is 11.5 Å². The standard InChI is InChI=1S/C13H17NO2/c1-10(14)4-2-3-5-11-6-7-12-13(8-11)16-9-15-12/h3,5-8,10H,2,4,9,14H2,1H3/b5-3+. The van der Waals surface area contributed by atoms with Crippen molar-refractivity contribution in [2.75, 3.05) is 6.79 Å². The lowest BCUT2D eigenvalue weighted by Gasteiger charge is -2.00. The van der Waals surface area contributed by atoms with E-state index in [1.165, 1.54) is 0 Å². The topological polar surface area (TPSA) is 44.5 Å². The van der Waals surface area contributed by atoms with Crippen molar-refractivity contribution >= 4 is 6.08 Å². The van der Waals surface area contributed by atoms with E-state index in [0.29, 0.717) is 6.79 Å². The van der Waals surface area contributed by atoms with Crippen molar-refractivity contribution in [3.63, 3.8) is 0 Å². The van der Waals surface area contributed by atoms with E-state index in [2.05, 4.69) is 12.2 Å². The monoisotopic (exact) mass is 219 g/mol. The van der Waals surface area contributed by atoms with Gasteiger partial charge in [-0.3, -0.25) is 0 Å². The molecule has 2 N–H and O–H groups in total. The molecule has 0 saturated heterocycles. The first-order valence-electron chi connectivity index (χ1n) is 5.57. The van der Waals surface area contributed by atoms with Crippen LogP contribution in [0.1, 0.15) is 25.3 Å². The molecule has 1 aromatic carbocycles. The third kappa shape index (κ3) is 2.76. The Morgan fingerprint density at radius 3 is 3.00 bits per heavy atom. The molecule has 1 aliphatic heterocycles. The zero-order valence-corrected chi connectivity index (χ0v) is 9.48. The number of ether oxygens (including phenoxy) is 2. The van der Waals surface area contributed by atoms with Crippen LogP contribution in [0.25, 0.3) is 6.08 Å². The predicted molar refractivity (Wildman–Crippen MR) is 64.5 cm³/mol. The number of nitrogens with two attached hydrogens (primary N) is 1. The fourth-order valence-electron chi connectivity index (χ4n) is 1.60. The summed E-state index contributed by atoms with van der Waals surface area (Å²) in [5.41, 5.74) is 6.81. The van der Waals surface area contributed by atoms with Gasteiger partial charge in [0.15, 0.2) is 11.5 Å². The van der Waals surface area contributed by atoms with Crippen LogP contribution in [0.2, 0.25) is 0 Å². The summed E-state index contributed by atoms with van der Waals surface area (Å²) in [6.07, 6.45) is 6.25. The van der Waals surface area contributed by atoms with Crippen LogP contribution in [0, 0.1) is 0 Å². The van der Waals surface area contributed by atoms with E-state index in [4.69, 9.17) is 15.2 Å². The average molecular weight is 219 g/mol. The predicted octanol–water partition coefficient (Wildman–Crippen LogP) is 2.56. The van der Waals surface area contributed by atoms with Gasteiger partial charge in [0.2, 0.25) is 6.79 Å². The molecule has 0 amide bonds. The van der Waals surface area contributed by atoms with E-state index in [1.807, 2.05) is 25.1 Å². The van der Waals surface area contributed by atoms with Gasteiger partial charge < -0.3 is 15.2 Å². The number of benzene rings is 1. The molecule has 1 unspecified atom stereocenters. The van der Waals surface area contributed by atoms with Gasteiger partial charge in [0, 0.05) is 6.04 Å². The van der Waals surface area contributed by atoms with E-state index in [9.17, 15) is 0 Å². The number of fused-ring (bicyclic) bond motifs is 1. The van der Waals surface area contributed by atoms with Crippen LogP contribution in [0.3, 0.4) is 0 Å². The molecule has 0 aliphatic carbocycles. The molecular formula is C13H17NO2. The van der Waals surface area contributed by atoms with Crippen LogP contribution in [-0.4, -0.2) is 12.8 Å². The maximum atomic E-state index is 5.68. The highest BCUT2D eigenvalue weighted by molar-refractivity contribution is 5.56. The molecular weight excluding hydrogens is 202 g/mol. The Balaban J connectivity index is 1.94. The molecule has 0 radical (unpaired) electrons. The molecule has 0 aromatic heterocycles. The van der Waals surface area contributed by atoms with Gasteiger partial charge in [-0.25, -0.2) is 0 Å². The summed E-state index contributed by atoms with van der Waals surface area (Å²) in [7, 11) is 0. The Bertz CT molecular complexity index is 386. The van der Waals surface area contributed by atoms with Crippen molar-refractivity contribution < 1.29 is 9.47 Å². The van der Waals surface area contributed by atoms with Crippen LogP contribution in [0.5, 0.6) is 11.5 Å².